The maximum absolute atomic E-state index is 13.3. The largest absolute Gasteiger partial charge is 0.243 e. The Morgan fingerprint density at radius 1 is 0.706 bits per heavy atom. The van der Waals surface area contributed by atoms with Gasteiger partial charge in [0.1, 0.15) is 0 Å². The minimum Gasteiger partial charge on any atom is -0.207 e. The van der Waals surface area contributed by atoms with Crippen molar-refractivity contribution in [3.05, 3.63) is 97.1 Å². The van der Waals surface area contributed by atoms with Crippen molar-refractivity contribution in [2.75, 3.05) is 13.1 Å². The fraction of sp³-hybridized carbons (Fsp3) is 0.308. The molecule has 0 aliphatic heterocycles. The summed E-state index contributed by atoms with van der Waals surface area (Å²) < 4.78 is 56.2. The lowest BCUT2D eigenvalue weighted by Gasteiger charge is -2.35. The lowest BCUT2D eigenvalue weighted by atomic mass is 9.98. The zero-order valence-corrected chi connectivity index (χ0v) is 21.3. The monoisotopic (exact) mass is 500 g/mol. The molecule has 0 saturated carbocycles. The molecule has 0 N–H and O–H groups in total. The summed E-state index contributed by atoms with van der Waals surface area (Å²) in [6, 6.07) is 12.7. The van der Waals surface area contributed by atoms with Crippen LogP contribution < -0.4 is 0 Å². The minimum absolute atomic E-state index is 0.161. The van der Waals surface area contributed by atoms with E-state index >= 15 is 0 Å². The second kappa shape index (κ2) is 10.8. The Hall–Kier alpha value is -2.52. The molecule has 0 bridgehead atoms. The Balaban J connectivity index is 1.88. The number of hydrogen-bond acceptors (Lipinski definition) is 4. The van der Waals surface area contributed by atoms with E-state index in [1.165, 1.54) is 8.61 Å². The Morgan fingerprint density at radius 3 is 1.29 bits per heavy atom. The second-order valence-corrected chi connectivity index (χ2v) is 12.2. The van der Waals surface area contributed by atoms with Crippen molar-refractivity contribution in [2.24, 2.45) is 0 Å². The van der Waals surface area contributed by atoms with Crippen LogP contribution in [0, 0.1) is 13.8 Å². The van der Waals surface area contributed by atoms with Crippen LogP contribution in [0.4, 0.5) is 0 Å². The summed E-state index contributed by atoms with van der Waals surface area (Å²) in [6.45, 7) is 11.6. The summed E-state index contributed by atoms with van der Waals surface area (Å²) in [5.74, 6) is 0. The maximum atomic E-state index is 13.3. The molecule has 0 spiro atoms. The van der Waals surface area contributed by atoms with Crippen LogP contribution in [-0.4, -0.2) is 50.6 Å². The smallest absolute Gasteiger partial charge is 0.207 e. The quantitative estimate of drug-likeness (QED) is 0.452. The number of nitrogens with zero attached hydrogens (tertiary/aromatic N) is 2. The Morgan fingerprint density at radius 2 is 1.03 bits per heavy atom. The molecule has 1 aliphatic rings. The first-order chi connectivity index (χ1) is 16.1. The van der Waals surface area contributed by atoms with Gasteiger partial charge in [-0.2, -0.15) is 8.61 Å². The molecule has 6 nitrogen and oxygen atoms in total. The summed E-state index contributed by atoms with van der Waals surface area (Å²) in [7, 11) is -7.48. The average molecular weight is 501 g/mol. The van der Waals surface area contributed by atoms with Gasteiger partial charge in [-0.15, -0.1) is 13.2 Å². The van der Waals surface area contributed by atoms with Gasteiger partial charge < -0.3 is 0 Å². The van der Waals surface area contributed by atoms with Gasteiger partial charge in [-0.1, -0.05) is 59.7 Å². The predicted molar refractivity (Wildman–Crippen MR) is 136 cm³/mol. The molecule has 0 fully saturated rings. The van der Waals surface area contributed by atoms with E-state index in [0.717, 1.165) is 11.1 Å². The first kappa shape index (κ1) is 26.1. The van der Waals surface area contributed by atoms with Gasteiger partial charge in [0.05, 0.1) is 9.79 Å². The van der Waals surface area contributed by atoms with E-state index in [4.69, 9.17) is 0 Å². The van der Waals surface area contributed by atoms with Crippen LogP contribution in [0.3, 0.4) is 0 Å². The molecule has 8 heteroatoms. The number of sulfonamides is 2. The Labute approximate surface area is 204 Å². The van der Waals surface area contributed by atoms with Crippen molar-refractivity contribution in [3.8, 4) is 0 Å². The molecule has 0 unspecified atom stereocenters. The third kappa shape index (κ3) is 5.58. The lowest BCUT2D eigenvalue weighted by Crippen LogP contribution is -2.45. The zero-order chi connectivity index (χ0) is 24.9. The van der Waals surface area contributed by atoms with E-state index in [2.05, 4.69) is 13.2 Å². The summed E-state index contributed by atoms with van der Waals surface area (Å²) in [5, 5.41) is 0. The lowest BCUT2D eigenvalue weighted by molar-refractivity contribution is 0.305. The SMILES string of the molecule is C=CCN([C@@H]1C=C[C@H](N(CC=C)S(=O)(=O)c2ccc(C)cc2)CC1)S(=O)(=O)c1ccc(C)cc1. The summed E-state index contributed by atoms with van der Waals surface area (Å²) in [4.78, 5) is 0.455. The molecule has 0 heterocycles. The van der Waals surface area contributed by atoms with E-state index in [-0.39, 0.29) is 22.9 Å². The normalized spacial score (nSPS) is 18.8. The van der Waals surface area contributed by atoms with E-state index in [0.29, 0.717) is 12.8 Å². The van der Waals surface area contributed by atoms with Crippen LogP contribution in [0.5, 0.6) is 0 Å². The van der Waals surface area contributed by atoms with Gasteiger partial charge in [0.2, 0.25) is 20.0 Å². The first-order valence-electron chi connectivity index (χ1n) is 11.2. The van der Waals surface area contributed by atoms with E-state index in [1.54, 1.807) is 72.8 Å². The maximum Gasteiger partial charge on any atom is 0.243 e. The van der Waals surface area contributed by atoms with Crippen molar-refractivity contribution in [1.29, 1.82) is 0 Å². The molecule has 2 aromatic rings. The van der Waals surface area contributed by atoms with E-state index < -0.39 is 32.1 Å². The van der Waals surface area contributed by atoms with Crippen LogP contribution in [0.25, 0.3) is 0 Å². The van der Waals surface area contributed by atoms with Gasteiger partial charge in [-0.05, 0) is 51.0 Å². The third-order valence-electron chi connectivity index (χ3n) is 5.93. The molecule has 0 radical (unpaired) electrons. The van der Waals surface area contributed by atoms with Crippen LogP contribution in [0.15, 0.2) is 95.8 Å². The van der Waals surface area contributed by atoms with Crippen LogP contribution in [-0.2, 0) is 20.0 Å². The molecule has 0 amide bonds. The van der Waals surface area contributed by atoms with Crippen molar-refractivity contribution in [1.82, 2.24) is 8.61 Å². The Kier molecular flexibility index (Phi) is 8.30. The average Bonchev–Trinajstić information content (AvgIpc) is 2.81. The highest BCUT2D eigenvalue weighted by molar-refractivity contribution is 7.89. The molecule has 34 heavy (non-hydrogen) atoms. The fourth-order valence-corrected chi connectivity index (χ4v) is 7.21. The molecular weight excluding hydrogens is 468 g/mol. The molecule has 182 valence electrons. The standard InChI is InChI=1S/C26H32N2O4S2/c1-5-19-27(33(29,30)25-15-7-21(3)8-16-25)23-11-13-24(14-12-23)28(20-6-2)34(31,32)26-17-9-22(4)10-18-26/h5-11,13,15-18,23-24H,1-2,12,14,19-20H2,3-4H3/t23-,24+. The highest BCUT2D eigenvalue weighted by Gasteiger charge is 2.35. The minimum atomic E-state index is -3.74. The summed E-state index contributed by atoms with van der Waals surface area (Å²) in [5.41, 5.74) is 1.96. The van der Waals surface area contributed by atoms with E-state index in [1.807, 2.05) is 13.8 Å². The molecular formula is C26H32N2O4S2. The van der Waals surface area contributed by atoms with Gasteiger partial charge in [0.25, 0.3) is 0 Å². The van der Waals surface area contributed by atoms with Crippen molar-refractivity contribution >= 4 is 20.0 Å². The predicted octanol–water partition coefficient (Wildman–Crippen LogP) is 4.44. The zero-order valence-electron chi connectivity index (χ0n) is 19.7. The fourth-order valence-electron chi connectivity index (χ4n) is 4.04. The number of aryl methyl sites for hydroxylation is 2. The number of benzene rings is 2. The highest BCUT2D eigenvalue weighted by Crippen LogP contribution is 2.29. The molecule has 2 aromatic carbocycles. The van der Waals surface area contributed by atoms with Crippen LogP contribution in [0.2, 0.25) is 0 Å². The Bertz CT molecular complexity index is 1150. The summed E-state index contributed by atoms with van der Waals surface area (Å²) >= 11 is 0. The van der Waals surface area contributed by atoms with Crippen LogP contribution >= 0.6 is 0 Å². The van der Waals surface area contributed by atoms with Gasteiger partial charge in [0.15, 0.2) is 0 Å². The highest BCUT2D eigenvalue weighted by atomic mass is 32.2. The topological polar surface area (TPSA) is 74.8 Å². The van der Waals surface area contributed by atoms with E-state index in [9.17, 15) is 16.8 Å². The molecule has 3 rings (SSSR count). The van der Waals surface area contributed by atoms with Gasteiger partial charge >= 0.3 is 0 Å². The number of rotatable bonds is 10. The van der Waals surface area contributed by atoms with Crippen molar-refractivity contribution < 1.29 is 16.8 Å². The molecule has 1 aliphatic carbocycles. The van der Waals surface area contributed by atoms with Crippen molar-refractivity contribution in [2.45, 2.75) is 48.6 Å². The van der Waals surface area contributed by atoms with Gasteiger partial charge in [-0.25, -0.2) is 16.8 Å². The molecule has 0 aromatic heterocycles. The molecule has 2 atom stereocenters. The second-order valence-electron chi connectivity index (χ2n) is 8.45. The number of hydrogen-bond donors (Lipinski definition) is 0. The van der Waals surface area contributed by atoms with Gasteiger partial charge in [-0.3, -0.25) is 0 Å². The summed E-state index contributed by atoms with van der Waals surface area (Å²) in [6.07, 6.45) is 7.69. The third-order valence-corrected chi connectivity index (χ3v) is 9.74. The van der Waals surface area contributed by atoms with Crippen molar-refractivity contribution in [3.63, 3.8) is 0 Å². The van der Waals surface area contributed by atoms with Crippen LogP contribution in [0.1, 0.15) is 24.0 Å². The molecule has 0 saturated heterocycles. The van der Waals surface area contributed by atoms with Gasteiger partial charge in [0, 0.05) is 25.2 Å². The first-order valence-corrected chi connectivity index (χ1v) is 14.1.